The topological polar surface area (TPSA) is 59.3 Å². The fraction of sp³-hybridized carbons (Fsp3) is 0.733. The minimum absolute atomic E-state index is 0.00430. The van der Waals surface area contributed by atoms with Gasteiger partial charge in [0, 0.05) is 0 Å². The van der Waals surface area contributed by atoms with Crippen LogP contribution >= 0.6 is 0 Å². The van der Waals surface area contributed by atoms with E-state index in [9.17, 15) is 10.1 Å². The number of nitrogens with zero attached hydrogens (tertiary/aromatic N) is 1. The molecule has 0 N–H and O–H groups in total. The molecule has 2 aliphatic carbocycles. The predicted molar refractivity (Wildman–Crippen MR) is 137 cm³/mol. The maximum atomic E-state index is 12.7. The van der Waals surface area contributed by atoms with Crippen molar-refractivity contribution in [3.8, 4) is 11.8 Å². The van der Waals surface area contributed by atoms with Crippen molar-refractivity contribution in [2.45, 2.75) is 116 Å². The van der Waals surface area contributed by atoms with E-state index in [0.717, 1.165) is 49.9 Å². The van der Waals surface area contributed by atoms with Crippen molar-refractivity contribution in [3.05, 3.63) is 29.3 Å². The number of esters is 1. The average molecular weight is 468 g/mol. The van der Waals surface area contributed by atoms with Crippen molar-refractivity contribution in [2.24, 2.45) is 17.8 Å². The van der Waals surface area contributed by atoms with Crippen LogP contribution in [0.5, 0.6) is 5.75 Å². The van der Waals surface area contributed by atoms with Gasteiger partial charge in [0.2, 0.25) is 0 Å². The minimum atomic E-state index is -0.315. The van der Waals surface area contributed by atoms with E-state index in [4.69, 9.17) is 9.47 Å². The van der Waals surface area contributed by atoms with Crippen molar-refractivity contribution in [1.29, 1.82) is 5.26 Å². The number of ether oxygens (including phenoxy) is 2. The molecule has 0 atom stereocenters. The second-order valence-electron chi connectivity index (χ2n) is 10.6. The van der Waals surface area contributed by atoms with E-state index in [2.05, 4.69) is 19.9 Å². The van der Waals surface area contributed by atoms with E-state index in [-0.39, 0.29) is 12.1 Å². The van der Waals surface area contributed by atoms with Gasteiger partial charge in [-0.3, -0.25) is 0 Å². The lowest BCUT2D eigenvalue weighted by atomic mass is 9.70. The van der Waals surface area contributed by atoms with Crippen LogP contribution in [-0.2, 0) is 4.74 Å². The third-order valence-electron chi connectivity index (χ3n) is 8.11. The molecule has 0 bridgehead atoms. The molecule has 2 saturated carbocycles. The molecule has 4 heteroatoms. The van der Waals surface area contributed by atoms with E-state index in [0.29, 0.717) is 23.5 Å². The Bertz CT molecular complexity index is 783. The van der Waals surface area contributed by atoms with Crippen molar-refractivity contribution in [2.75, 3.05) is 6.61 Å². The van der Waals surface area contributed by atoms with Gasteiger partial charge in [-0.25, -0.2) is 4.79 Å². The van der Waals surface area contributed by atoms with Gasteiger partial charge < -0.3 is 9.47 Å². The van der Waals surface area contributed by atoms with Crippen LogP contribution < -0.4 is 4.74 Å². The molecule has 2 fully saturated rings. The molecule has 0 amide bonds. The van der Waals surface area contributed by atoms with E-state index < -0.39 is 0 Å². The van der Waals surface area contributed by atoms with Crippen LogP contribution in [0.2, 0.25) is 0 Å². The van der Waals surface area contributed by atoms with Crippen LogP contribution in [0.4, 0.5) is 0 Å². The molecule has 3 rings (SSSR count). The highest BCUT2D eigenvalue weighted by Crippen LogP contribution is 2.41. The van der Waals surface area contributed by atoms with Crippen LogP contribution in [0.25, 0.3) is 0 Å². The molecule has 0 saturated heterocycles. The van der Waals surface area contributed by atoms with Gasteiger partial charge in [0.1, 0.15) is 17.9 Å². The molecule has 34 heavy (non-hydrogen) atoms. The molecular formula is C30H45NO3. The van der Waals surface area contributed by atoms with Crippen LogP contribution in [0.1, 0.15) is 126 Å². The molecule has 4 nitrogen and oxygen atoms in total. The predicted octanol–water partition coefficient (Wildman–Crippen LogP) is 8.23. The number of hydrogen-bond donors (Lipinski definition) is 0. The van der Waals surface area contributed by atoms with Gasteiger partial charge in [-0.15, -0.1) is 0 Å². The Morgan fingerprint density at radius 2 is 1.56 bits per heavy atom. The van der Waals surface area contributed by atoms with E-state index in [1.165, 1.54) is 64.2 Å². The highest BCUT2D eigenvalue weighted by molar-refractivity contribution is 5.90. The smallest absolute Gasteiger partial charge is 0.338 e. The molecule has 0 spiro atoms. The van der Waals surface area contributed by atoms with Gasteiger partial charge >= 0.3 is 5.97 Å². The molecule has 0 radical (unpaired) electrons. The summed E-state index contributed by atoms with van der Waals surface area (Å²) in [7, 11) is 0. The Labute approximate surface area is 207 Å². The molecule has 0 unspecified atom stereocenters. The van der Waals surface area contributed by atoms with Gasteiger partial charge in [0.15, 0.2) is 0 Å². The molecule has 0 heterocycles. The van der Waals surface area contributed by atoms with E-state index in [1.54, 1.807) is 18.2 Å². The van der Waals surface area contributed by atoms with Crippen LogP contribution in [0.15, 0.2) is 18.2 Å². The van der Waals surface area contributed by atoms with Gasteiger partial charge in [0.25, 0.3) is 0 Å². The number of hydrogen-bond acceptors (Lipinski definition) is 4. The highest BCUT2D eigenvalue weighted by atomic mass is 16.5. The maximum absolute atomic E-state index is 12.7. The summed E-state index contributed by atoms with van der Waals surface area (Å²) in [6.45, 7) is 5.03. The first kappa shape index (κ1) is 26.6. The highest BCUT2D eigenvalue weighted by Gasteiger charge is 2.32. The van der Waals surface area contributed by atoms with Crippen molar-refractivity contribution in [3.63, 3.8) is 0 Å². The number of rotatable bonds is 12. The quantitative estimate of drug-likeness (QED) is 0.229. The van der Waals surface area contributed by atoms with Crippen LogP contribution in [0, 0.1) is 29.1 Å². The Hall–Kier alpha value is -2.02. The Morgan fingerprint density at radius 3 is 2.21 bits per heavy atom. The third kappa shape index (κ3) is 8.03. The van der Waals surface area contributed by atoms with Crippen LogP contribution in [0.3, 0.4) is 0 Å². The first-order chi connectivity index (χ1) is 16.6. The summed E-state index contributed by atoms with van der Waals surface area (Å²) in [5, 5.41) is 9.49. The standard InChI is InChI=1S/C30H45NO3/c1-3-5-7-9-23-10-12-24(13-11-23)25-14-17-28(18-15-25)34-30(32)26-16-19-29(27(21-26)22-31)33-20-8-6-4-2/h16,19,21,23-25,28H,3-15,17-18,20H2,1-2H3. The zero-order chi connectivity index (χ0) is 24.2. The summed E-state index contributed by atoms with van der Waals surface area (Å²) < 4.78 is 11.6. The Balaban J connectivity index is 1.41. The number of unbranched alkanes of at least 4 members (excludes halogenated alkanes) is 4. The number of benzene rings is 1. The molecule has 0 aliphatic heterocycles. The van der Waals surface area contributed by atoms with Crippen molar-refractivity contribution >= 4 is 5.97 Å². The maximum Gasteiger partial charge on any atom is 0.338 e. The zero-order valence-electron chi connectivity index (χ0n) is 21.5. The van der Waals surface area contributed by atoms with Gasteiger partial charge in [-0.2, -0.15) is 5.26 Å². The molecule has 1 aromatic rings. The minimum Gasteiger partial charge on any atom is -0.492 e. The Kier molecular flexibility index (Phi) is 11.3. The molecule has 2 aliphatic rings. The van der Waals surface area contributed by atoms with Crippen molar-refractivity contribution in [1.82, 2.24) is 0 Å². The van der Waals surface area contributed by atoms with Crippen LogP contribution in [-0.4, -0.2) is 18.7 Å². The summed E-state index contributed by atoms with van der Waals surface area (Å²) in [5.41, 5.74) is 0.848. The fourth-order valence-electron chi connectivity index (χ4n) is 5.93. The number of carbonyl (C=O) groups excluding carboxylic acids is 1. The molecular weight excluding hydrogens is 422 g/mol. The first-order valence-corrected chi connectivity index (χ1v) is 14.0. The first-order valence-electron chi connectivity index (χ1n) is 14.0. The molecule has 0 aromatic heterocycles. The normalized spacial score (nSPS) is 24.9. The lowest BCUT2D eigenvalue weighted by Crippen LogP contribution is -2.29. The van der Waals surface area contributed by atoms with Gasteiger partial charge in [-0.1, -0.05) is 65.2 Å². The lowest BCUT2D eigenvalue weighted by molar-refractivity contribution is 0.0109. The zero-order valence-corrected chi connectivity index (χ0v) is 21.5. The molecule has 188 valence electrons. The van der Waals surface area contributed by atoms with Gasteiger partial charge in [-0.05, 0) is 80.9 Å². The Morgan fingerprint density at radius 1 is 0.912 bits per heavy atom. The summed E-state index contributed by atoms with van der Waals surface area (Å²) in [5.74, 6) is 2.88. The summed E-state index contributed by atoms with van der Waals surface area (Å²) in [6, 6.07) is 7.23. The van der Waals surface area contributed by atoms with Gasteiger partial charge in [0.05, 0.1) is 17.7 Å². The SMILES string of the molecule is CCCCCOc1ccc(C(=O)OC2CCC(C3CCC(CCCCC)CC3)CC2)cc1C#N. The van der Waals surface area contributed by atoms with E-state index >= 15 is 0 Å². The molecule has 1 aromatic carbocycles. The second kappa shape index (κ2) is 14.4. The summed E-state index contributed by atoms with van der Waals surface area (Å²) in [4.78, 5) is 12.7. The summed E-state index contributed by atoms with van der Waals surface area (Å²) >= 11 is 0. The van der Waals surface area contributed by atoms with E-state index in [1.807, 2.05) is 0 Å². The second-order valence-corrected chi connectivity index (χ2v) is 10.6. The fourth-order valence-corrected chi connectivity index (χ4v) is 5.93. The largest absolute Gasteiger partial charge is 0.492 e. The lowest BCUT2D eigenvalue weighted by Gasteiger charge is -2.37. The number of carbonyl (C=O) groups is 1. The summed E-state index contributed by atoms with van der Waals surface area (Å²) in [6.07, 6.45) is 18.7. The number of nitriles is 1. The monoisotopic (exact) mass is 467 g/mol. The van der Waals surface area contributed by atoms with Crippen molar-refractivity contribution < 1.29 is 14.3 Å². The third-order valence-corrected chi connectivity index (χ3v) is 8.11. The average Bonchev–Trinajstić information content (AvgIpc) is 2.87.